The summed E-state index contributed by atoms with van der Waals surface area (Å²) in [6, 6.07) is 13.6. The van der Waals surface area contributed by atoms with Gasteiger partial charge in [0.2, 0.25) is 0 Å². The van der Waals surface area contributed by atoms with Crippen molar-refractivity contribution in [2.24, 2.45) is 7.05 Å². The molecule has 5 nitrogen and oxygen atoms in total. The number of amides is 1. The standard InChI is InChI=1S/C21H16ClFN4O/c1-12-9-13(3-5-17(12)26-21(28)19-7-8-24-27(19)2)18-6-4-14-10-15(23)11-16(22)20(14)25-18/h3-11H,1-2H3,(H,26,28). The number of benzene rings is 2. The molecule has 0 fully saturated rings. The van der Waals surface area contributed by atoms with E-state index in [4.69, 9.17) is 11.6 Å². The van der Waals surface area contributed by atoms with Crippen LogP contribution in [0, 0.1) is 12.7 Å². The molecule has 140 valence electrons. The van der Waals surface area contributed by atoms with Crippen molar-refractivity contribution in [3.05, 3.63) is 76.8 Å². The molecule has 1 amide bonds. The van der Waals surface area contributed by atoms with Crippen molar-refractivity contribution < 1.29 is 9.18 Å². The highest BCUT2D eigenvalue weighted by Crippen LogP contribution is 2.29. The third kappa shape index (κ3) is 3.34. The van der Waals surface area contributed by atoms with Crippen LogP contribution in [0.25, 0.3) is 22.2 Å². The lowest BCUT2D eigenvalue weighted by molar-refractivity contribution is 0.101. The summed E-state index contributed by atoms with van der Waals surface area (Å²) in [6.45, 7) is 1.91. The molecule has 2 aromatic heterocycles. The maximum absolute atomic E-state index is 13.5. The number of fused-ring (bicyclic) bond motifs is 1. The summed E-state index contributed by atoms with van der Waals surface area (Å²) in [6.07, 6.45) is 1.58. The molecule has 2 heterocycles. The maximum atomic E-state index is 13.5. The Labute approximate surface area is 165 Å². The smallest absolute Gasteiger partial charge is 0.273 e. The third-order valence-electron chi connectivity index (χ3n) is 4.53. The van der Waals surface area contributed by atoms with Gasteiger partial charge in [-0.2, -0.15) is 5.10 Å². The van der Waals surface area contributed by atoms with Gasteiger partial charge in [0, 0.05) is 29.9 Å². The van der Waals surface area contributed by atoms with Gasteiger partial charge in [0.1, 0.15) is 11.5 Å². The lowest BCUT2D eigenvalue weighted by atomic mass is 10.1. The van der Waals surface area contributed by atoms with Crippen LogP contribution in [0.3, 0.4) is 0 Å². The van der Waals surface area contributed by atoms with Gasteiger partial charge in [-0.15, -0.1) is 0 Å². The van der Waals surface area contributed by atoms with Gasteiger partial charge in [-0.25, -0.2) is 9.37 Å². The molecule has 0 saturated carbocycles. The van der Waals surface area contributed by atoms with E-state index in [0.29, 0.717) is 28.0 Å². The quantitative estimate of drug-likeness (QED) is 0.532. The second-order valence-corrected chi connectivity index (χ2v) is 6.89. The van der Waals surface area contributed by atoms with Gasteiger partial charge in [0.05, 0.1) is 16.2 Å². The van der Waals surface area contributed by atoms with Crippen LogP contribution in [0.4, 0.5) is 10.1 Å². The second-order valence-electron chi connectivity index (χ2n) is 6.48. The first kappa shape index (κ1) is 18.1. The molecule has 0 aliphatic rings. The van der Waals surface area contributed by atoms with Crippen molar-refractivity contribution in [2.75, 3.05) is 5.32 Å². The summed E-state index contributed by atoms with van der Waals surface area (Å²) in [7, 11) is 1.72. The van der Waals surface area contributed by atoms with Crippen LogP contribution in [0.15, 0.2) is 54.7 Å². The van der Waals surface area contributed by atoms with Gasteiger partial charge < -0.3 is 5.32 Å². The van der Waals surface area contributed by atoms with E-state index in [1.807, 2.05) is 31.2 Å². The van der Waals surface area contributed by atoms with Gasteiger partial charge in [0.25, 0.3) is 5.91 Å². The molecule has 4 rings (SSSR count). The number of aromatic nitrogens is 3. The molecular weight excluding hydrogens is 379 g/mol. The molecule has 0 aliphatic carbocycles. The number of carbonyl (C=O) groups excluding carboxylic acids is 1. The van der Waals surface area contributed by atoms with E-state index in [0.717, 1.165) is 11.1 Å². The van der Waals surface area contributed by atoms with Crippen LogP contribution in [-0.4, -0.2) is 20.7 Å². The Bertz CT molecular complexity index is 1220. The number of anilines is 1. The minimum atomic E-state index is -0.392. The van der Waals surface area contributed by atoms with Crippen molar-refractivity contribution >= 4 is 34.1 Å². The van der Waals surface area contributed by atoms with Gasteiger partial charge in [-0.1, -0.05) is 23.7 Å². The highest BCUT2D eigenvalue weighted by molar-refractivity contribution is 6.35. The normalized spacial score (nSPS) is 11.0. The Hall–Kier alpha value is -3.25. The van der Waals surface area contributed by atoms with Crippen LogP contribution in [0.5, 0.6) is 0 Å². The first-order valence-electron chi connectivity index (χ1n) is 8.58. The predicted octanol–water partition coefficient (Wildman–Crippen LogP) is 4.99. The lowest BCUT2D eigenvalue weighted by Gasteiger charge is -2.11. The monoisotopic (exact) mass is 394 g/mol. The zero-order valence-electron chi connectivity index (χ0n) is 15.2. The zero-order chi connectivity index (χ0) is 19.8. The fourth-order valence-electron chi connectivity index (χ4n) is 3.06. The van der Waals surface area contributed by atoms with Crippen molar-refractivity contribution in [1.82, 2.24) is 14.8 Å². The second kappa shape index (κ2) is 7.05. The molecule has 0 atom stereocenters. The van der Waals surface area contributed by atoms with Crippen LogP contribution >= 0.6 is 11.6 Å². The van der Waals surface area contributed by atoms with Crippen LogP contribution < -0.4 is 5.32 Å². The molecule has 1 N–H and O–H groups in total. The Kier molecular flexibility index (Phi) is 4.57. The molecule has 0 radical (unpaired) electrons. The highest BCUT2D eigenvalue weighted by atomic mass is 35.5. The summed E-state index contributed by atoms with van der Waals surface area (Å²) >= 11 is 6.14. The number of hydrogen-bond donors (Lipinski definition) is 1. The Morgan fingerprint density at radius 1 is 1.14 bits per heavy atom. The lowest BCUT2D eigenvalue weighted by Crippen LogP contribution is -2.16. The molecule has 4 aromatic rings. The Morgan fingerprint density at radius 3 is 2.68 bits per heavy atom. The molecule has 0 spiro atoms. The van der Waals surface area contributed by atoms with E-state index in [1.54, 1.807) is 25.4 Å². The zero-order valence-corrected chi connectivity index (χ0v) is 16.0. The number of rotatable bonds is 3. The van der Waals surface area contributed by atoms with Crippen LogP contribution in [0.2, 0.25) is 5.02 Å². The number of nitrogens with one attached hydrogen (secondary N) is 1. The first-order valence-corrected chi connectivity index (χ1v) is 8.96. The molecule has 0 saturated heterocycles. The SMILES string of the molecule is Cc1cc(-c2ccc3cc(F)cc(Cl)c3n2)ccc1NC(=O)c1ccnn1C. The molecular formula is C21H16ClFN4O. The van der Waals surface area contributed by atoms with E-state index in [1.165, 1.54) is 16.8 Å². The van der Waals surface area contributed by atoms with E-state index in [-0.39, 0.29) is 10.9 Å². The summed E-state index contributed by atoms with van der Waals surface area (Å²) in [5.41, 5.74) is 4.20. The first-order chi connectivity index (χ1) is 13.4. The van der Waals surface area contributed by atoms with Crippen molar-refractivity contribution in [1.29, 1.82) is 0 Å². The number of nitrogens with zero attached hydrogens (tertiary/aromatic N) is 3. The van der Waals surface area contributed by atoms with E-state index >= 15 is 0 Å². The average Bonchev–Trinajstić information content (AvgIpc) is 3.09. The van der Waals surface area contributed by atoms with E-state index in [9.17, 15) is 9.18 Å². The summed E-state index contributed by atoms with van der Waals surface area (Å²) < 4.78 is 15.0. The summed E-state index contributed by atoms with van der Waals surface area (Å²) in [4.78, 5) is 17.0. The Balaban J connectivity index is 1.65. The predicted molar refractivity (Wildman–Crippen MR) is 108 cm³/mol. The van der Waals surface area contributed by atoms with Gasteiger partial charge in [-0.05, 0) is 48.9 Å². The molecule has 0 bridgehead atoms. The van der Waals surface area contributed by atoms with Crippen molar-refractivity contribution in [2.45, 2.75) is 6.92 Å². The number of carbonyl (C=O) groups is 1. The minimum Gasteiger partial charge on any atom is -0.320 e. The minimum absolute atomic E-state index is 0.228. The van der Waals surface area contributed by atoms with Crippen molar-refractivity contribution in [3.8, 4) is 11.3 Å². The topological polar surface area (TPSA) is 59.8 Å². The average molecular weight is 395 g/mol. The van der Waals surface area contributed by atoms with Gasteiger partial charge in [0.15, 0.2) is 0 Å². The van der Waals surface area contributed by atoms with E-state index < -0.39 is 5.82 Å². The summed E-state index contributed by atoms with van der Waals surface area (Å²) in [5.74, 6) is -0.620. The molecule has 7 heteroatoms. The number of halogens is 2. The number of pyridine rings is 1. The molecule has 2 aromatic carbocycles. The Morgan fingerprint density at radius 2 is 1.96 bits per heavy atom. The fourth-order valence-corrected chi connectivity index (χ4v) is 3.32. The fraction of sp³-hybridized carbons (Fsp3) is 0.0952. The summed E-state index contributed by atoms with van der Waals surface area (Å²) in [5, 5.41) is 7.82. The molecule has 0 aliphatic heterocycles. The number of hydrogen-bond acceptors (Lipinski definition) is 3. The largest absolute Gasteiger partial charge is 0.320 e. The number of aryl methyl sites for hydroxylation is 2. The van der Waals surface area contributed by atoms with Crippen LogP contribution in [0.1, 0.15) is 16.1 Å². The maximum Gasteiger partial charge on any atom is 0.273 e. The van der Waals surface area contributed by atoms with Crippen molar-refractivity contribution in [3.63, 3.8) is 0 Å². The van der Waals surface area contributed by atoms with Gasteiger partial charge in [-0.3, -0.25) is 9.48 Å². The van der Waals surface area contributed by atoms with E-state index in [2.05, 4.69) is 15.4 Å². The molecule has 28 heavy (non-hydrogen) atoms. The highest BCUT2D eigenvalue weighted by Gasteiger charge is 2.12. The van der Waals surface area contributed by atoms with Gasteiger partial charge >= 0.3 is 0 Å². The van der Waals surface area contributed by atoms with Crippen LogP contribution in [-0.2, 0) is 7.05 Å². The molecule has 0 unspecified atom stereocenters. The third-order valence-corrected chi connectivity index (χ3v) is 4.82.